The number of benzene rings is 2. The predicted octanol–water partition coefficient (Wildman–Crippen LogP) is 4.15. The van der Waals surface area contributed by atoms with Crippen LogP contribution >= 0.6 is 0 Å². The van der Waals surface area contributed by atoms with E-state index in [1.165, 1.54) is 18.4 Å². The van der Waals surface area contributed by atoms with Crippen molar-refractivity contribution in [1.29, 1.82) is 0 Å². The second-order valence-corrected chi connectivity index (χ2v) is 8.05. The lowest BCUT2D eigenvalue weighted by atomic mass is 10.0. The monoisotopic (exact) mass is 399 g/mol. The van der Waals surface area contributed by atoms with Gasteiger partial charge in [0.1, 0.15) is 17.0 Å². The number of fused-ring (bicyclic) bond motifs is 1. The summed E-state index contributed by atoms with van der Waals surface area (Å²) in [6.45, 7) is 5.50. The largest absolute Gasteiger partial charge is 0.505 e. The number of pyridine rings is 1. The predicted molar refractivity (Wildman–Crippen MR) is 117 cm³/mol. The molecule has 152 valence electrons. The molecule has 3 heterocycles. The highest BCUT2D eigenvalue weighted by Gasteiger charge is 2.18. The van der Waals surface area contributed by atoms with Gasteiger partial charge in [0, 0.05) is 29.3 Å². The van der Waals surface area contributed by atoms with Gasteiger partial charge in [-0.3, -0.25) is 9.88 Å². The summed E-state index contributed by atoms with van der Waals surface area (Å²) >= 11 is 0. The standard InChI is InChI=1S/C24H25N5O/c1-17-6-8-18(9-7-17)22-14-26-29(27-22)16-19-13-20(15-28-11-2-3-12-28)24(30)23-21(19)5-4-10-25-23/h4-10,13-14,30H,2-3,11-12,15-16H2,1H3. The van der Waals surface area contributed by atoms with E-state index in [9.17, 15) is 5.11 Å². The van der Waals surface area contributed by atoms with Crippen molar-refractivity contribution in [3.63, 3.8) is 0 Å². The molecule has 1 aliphatic heterocycles. The van der Waals surface area contributed by atoms with E-state index in [1.807, 2.05) is 12.1 Å². The Bertz CT molecular complexity index is 1180. The van der Waals surface area contributed by atoms with Gasteiger partial charge in [0.25, 0.3) is 0 Å². The van der Waals surface area contributed by atoms with Crippen molar-refractivity contribution in [3.8, 4) is 17.0 Å². The first-order chi connectivity index (χ1) is 14.7. The van der Waals surface area contributed by atoms with E-state index in [-0.39, 0.29) is 5.75 Å². The molecule has 0 spiro atoms. The highest BCUT2D eigenvalue weighted by atomic mass is 16.3. The smallest absolute Gasteiger partial charge is 0.146 e. The molecular weight excluding hydrogens is 374 g/mol. The lowest BCUT2D eigenvalue weighted by Gasteiger charge is -2.18. The van der Waals surface area contributed by atoms with Crippen LogP contribution < -0.4 is 0 Å². The summed E-state index contributed by atoms with van der Waals surface area (Å²) in [6.07, 6.45) is 5.97. The summed E-state index contributed by atoms with van der Waals surface area (Å²) in [5.41, 5.74) is 5.77. The molecule has 1 N–H and O–H groups in total. The van der Waals surface area contributed by atoms with Crippen molar-refractivity contribution >= 4 is 10.9 Å². The normalized spacial score (nSPS) is 14.6. The first-order valence-corrected chi connectivity index (χ1v) is 10.5. The number of likely N-dealkylation sites (tertiary alicyclic amines) is 1. The molecule has 1 saturated heterocycles. The third kappa shape index (κ3) is 3.66. The summed E-state index contributed by atoms with van der Waals surface area (Å²) in [4.78, 5) is 8.56. The number of hydrogen-bond donors (Lipinski definition) is 1. The Balaban J connectivity index is 1.49. The highest BCUT2D eigenvalue weighted by Crippen LogP contribution is 2.32. The molecule has 5 rings (SSSR count). The van der Waals surface area contributed by atoms with E-state index in [2.05, 4.69) is 57.3 Å². The van der Waals surface area contributed by atoms with Crippen molar-refractivity contribution in [2.45, 2.75) is 32.9 Å². The molecule has 30 heavy (non-hydrogen) atoms. The number of aromatic nitrogens is 4. The van der Waals surface area contributed by atoms with Crippen molar-refractivity contribution in [1.82, 2.24) is 24.9 Å². The molecule has 0 atom stereocenters. The second-order valence-electron chi connectivity index (χ2n) is 8.05. The molecule has 0 unspecified atom stereocenters. The molecule has 2 aromatic carbocycles. The van der Waals surface area contributed by atoms with Gasteiger partial charge in [0.2, 0.25) is 0 Å². The van der Waals surface area contributed by atoms with Crippen LogP contribution in [0.4, 0.5) is 0 Å². The van der Waals surface area contributed by atoms with Crippen molar-refractivity contribution in [3.05, 3.63) is 71.5 Å². The summed E-state index contributed by atoms with van der Waals surface area (Å²) < 4.78 is 0. The lowest BCUT2D eigenvalue weighted by molar-refractivity contribution is 0.324. The molecule has 0 amide bonds. The average Bonchev–Trinajstić information content (AvgIpc) is 3.44. The van der Waals surface area contributed by atoms with Gasteiger partial charge >= 0.3 is 0 Å². The summed E-state index contributed by atoms with van der Waals surface area (Å²) in [5, 5.41) is 21.0. The third-order valence-corrected chi connectivity index (χ3v) is 5.82. The maximum atomic E-state index is 10.8. The van der Waals surface area contributed by atoms with Crippen LogP contribution in [0.2, 0.25) is 0 Å². The zero-order valence-corrected chi connectivity index (χ0v) is 17.1. The Labute approximate surface area is 175 Å². The van der Waals surface area contributed by atoms with Gasteiger partial charge in [-0.2, -0.15) is 15.0 Å². The Morgan fingerprint density at radius 3 is 2.60 bits per heavy atom. The van der Waals surface area contributed by atoms with Crippen molar-refractivity contribution < 1.29 is 5.11 Å². The van der Waals surface area contributed by atoms with Crippen LogP contribution in [-0.4, -0.2) is 43.1 Å². The molecule has 6 heteroatoms. The van der Waals surface area contributed by atoms with Crippen LogP contribution in [-0.2, 0) is 13.1 Å². The van der Waals surface area contributed by atoms with Gasteiger partial charge in [0.15, 0.2) is 0 Å². The quantitative estimate of drug-likeness (QED) is 0.546. The highest BCUT2D eigenvalue weighted by molar-refractivity contribution is 5.88. The maximum absolute atomic E-state index is 10.8. The Hall–Kier alpha value is -3.25. The van der Waals surface area contributed by atoms with Crippen LogP contribution in [0.15, 0.2) is 54.9 Å². The van der Waals surface area contributed by atoms with E-state index >= 15 is 0 Å². The van der Waals surface area contributed by atoms with Crippen molar-refractivity contribution in [2.24, 2.45) is 0 Å². The lowest BCUT2D eigenvalue weighted by Crippen LogP contribution is -2.18. The Kier molecular flexibility index (Phi) is 4.93. The van der Waals surface area contributed by atoms with Crippen LogP contribution in [0.25, 0.3) is 22.2 Å². The van der Waals surface area contributed by atoms with E-state index in [4.69, 9.17) is 0 Å². The van der Waals surface area contributed by atoms with Crippen LogP contribution in [0.1, 0.15) is 29.5 Å². The van der Waals surface area contributed by atoms with E-state index in [0.29, 0.717) is 12.1 Å². The molecular formula is C24H25N5O. The molecule has 0 bridgehead atoms. The molecule has 0 aliphatic carbocycles. The van der Waals surface area contributed by atoms with Gasteiger partial charge in [-0.05, 0) is 50.6 Å². The average molecular weight is 399 g/mol. The van der Waals surface area contributed by atoms with Gasteiger partial charge in [-0.25, -0.2) is 0 Å². The van der Waals surface area contributed by atoms with E-state index in [0.717, 1.165) is 47.4 Å². The number of hydrogen-bond acceptors (Lipinski definition) is 5. The fourth-order valence-electron chi connectivity index (χ4n) is 4.18. The molecule has 1 fully saturated rings. The minimum absolute atomic E-state index is 0.287. The molecule has 0 saturated carbocycles. The number of rotatable bonds is 5. The van der Waals surface area contributed by atoms with Gasteiger partial charge in [0.05, 0.1) is 12.7 Å². The first-order valence-electron chi connectivity index (χ1n) is 10.5. The number of aromatic hydroxyl groups is 1. The minimum atomic E-state index is 0.287. The van der Waals surface area contributed by atoms with E-state index in [1.54, 1.807) is 17.2 Å². The molecule has 4 aromatic rings. The zero-order valence-electron chi connectivity index (χ0n) is 17.1. The Morgan fingerprint density at radius 2 is 1.80 bits per heavy atom. The van der Waals surface area contributed by atoms with Gasteiger partial charge < -0.3 is 5.11 Å². The molecule has 6 nitrogen and oxygen atoms in total. The fraction of sp³-hybridized carbons (Fsp3) is 0.292. The number of aryl methyl sites for hydroxylation is 1. The topological polar surface area (TPSA) is 67.1 Å². The maximum Gasteiger partial charge on any atom is 0.146 e. The number of phenolic OH excluding ortho intramolecular Hbond substituents is 1. The van der Waals surface area contributed by atoms with Crippen LogP contribution in [0.5, 0.6) is 5.75 Å². The Morgan fingerprint density at radius 1 is 1.00 bits per heavy atom. The number of phenols is 1. The SMILES string of the molecule is Cc1ccc(-c2cnn(Cc3cc(CN4CCCC4)c(O)c4ncccc34)n2)cc1. The van der Waals surface area contributed by atoms with E-state index < -0.39 is 0 Å². The zero-order chi connectivity index (χ0) is 20.5. The summed E-state index contributed by atoms with van der Waals surface area (Å²) in [7, 11) is 0. The van der Waals surface area contributed by atoms with Gasteiger partial charge in [-0.15, -0.1) is 0 Å². The minimum Gasteiger partial charge on any atom is -0.505 e. The third-order valence-electron chi connectivity index (χ3n) is 5.82. The van der Waals surface area contributed by atoms with Crippen molar-refractivity contribution in [2.75, 3.05) is 13.1 Å². The van der Waals surface area contributed by atoms with Crippen LogP contribution in [0, 0.1) is 6.92 Å². The summed E-state index contributed by atoms with van der Waals surface area (Å²) in [6, 6.07) is 14.3. The molecule has 1 aliphatic rings. The van der Waals surface area contributed by atoms with Gasteiger partial charge in [-0.1, -0.05) is 35.9 Å². The molecule has 2 aromatic heterocycles. The van der Waals surface area contributed by atoms with Crippen LogP contribution in [0.3, 0.4) is 0 Å². The number of nitrogens with zero attached hydrogens (tertiary/aromatic N) is 5. The molecule has 0 radical (unpaired) electrons. The fourth-order valence-corrected chi connectivity index (χ4v) is 4.18. The summed E-state index contributed by atoms with van der Waals surface area (Å²) in [5.74, 6) is 0.287. The first kappa shape index (κ1) is 18.8. The second kappa shape index (κ2) is 7.88.